The van der Waals surface area contributed by atoms with Gasteiger partial charge < -0.3 is 19.4 Å². The third kappa shape index (κ3) is 3.38. The molecule has 3 aromatic rings. The van der Waals surface area contributed by atoms with E-state index >= 15 is 0 Å². The van der Waals surface area contributed by atoms with Gasteiger partial charge in [-0.25, -0.2) is 0 Å². The molecule has 0 aliphatic carbocycles. The van der Waals surface area contributed by atoms with E-state index in [9.17, 15) is 4.79 Å². The van der Waals surface area contributed by atoms with Crippen LogP contribution >= 0.6 is 0 Å². The van der Waals surface area contributed by atoms with Crippen LogP contribution in [-0.4, -0.2) is 70.8 Å². The summed E-state index contributed by atoms with van der Waals surface area (Å²) in [4.78, 5) is 18.1. The van der Waals surface area contributed by atoms with E-state index in [4.69, 9.17) is 9.84 Å². The van der Waals surface area contributed by atoms with Crippen molar-refractivity contribution in [2.45, 2.75) is 25.4 Å². The lowest BCUT2D eigenvalue weighted by molar-refractivity contribution is -0.118. The number of carbonyl (C=O) groups is 1. The lowest BCUT2D eigenvalue weighted by Gasteiger charge is -2.37. The molecule has 0 bridgehead atoms. The Hall–Kier alpha value is -3.33. The first-order valence-electron chi connectivity index (χ1n) is 11.6. The maximum atomic E-state index is 11.6. The number of ether oxygens (including phenoxy) is 1. The molecule has 9 heteroatoms. The molecule has 1 unspecified atom stereocenters. The monoisotopic (exact) mass is 447 g/mol. The lowest BCUT2D eigenvalue weighted by atomic mass is 10.0. The molecule has 0 radical (unpaired) electrons. The van der Waals surface area contributed by atoms with Crippen molar-refractivity contribution in [1.29, 1.82) is 0 Å². The SMILES string of the molecule is CN1CCN(c2nn(C3CCOC3)c3c2CN(C=O)CC3)c2ccc(-c3cnn(C)c3)cc21. The number of carbonyl (C=O) groups excluding carboxylic acids is 1. The number of rotatable bonds is 4. The molecule has 1 fully saturated rings. The number of fused-ring (bicyclic) bond motifs is 2. The van der Waals surface area contributed by atoms with Crippen molar-refractivity contribution < 1.29 is 9.53 Å². The van der Waals surface area contributed by atoms with Crippen LogP contribution in [0.2, 0.25) is 0 Å². The van der Waals surface area contributed by atoms with E-state index in [2.05, 4.69) is 44.8 Å². The largest absolute Gasteiger partial charge is 0.379 e. The van der Waals surface area contributed by atoms with Crippen molar-refractivity contribution in [1.82, 2.24) is 24.5 Å². The van der Waals surface area contributed by atoms with Gasteiger partial charge in [-0.2, -0.15) is 10.2 Å². The van der Waals surface area contributed by atoms with E-state index in [0.29, 0.717) is 13.2 Å². The van der Waals surface area contributed by atoms with Crippen LogP contribution in [0.1, 0.15) is 23.7 Å². The molecule has 6 rings (SSSR count). The van der Waals surface area contributed by atoms with Crippen LogP contribution in [0.3, 0.4) is 0 Å². The molecule has 1 amide bonds. The van der Waals surface area contributed by atoms with Gasteiger partial charge in [0.2, 0.25) is 6.41 Å². The number of nitrogens with zero attached hydrogens (tertiary/aromatic N) is 7. The normalized spacial score (nSPS) is 20.2. The summed E-state index contributed by atoms with van der Waals surface area (Å²) >= 11 is 0. The number of aryl methyl sites for hydroxylation is 1. The van der Waals surface area contributed by atoms with Gasteiger partial charge in [0.15, 0.2) is 5.82 Å². The quantitative estimate of drug-likeness (QED) is 0.572. The molecule has 33 heavy (non-hydrogen) atoms. The van der Waals surface area contributed by atoms with Gasteiger partial charge in [0.05, 0.1) is 36.8 Å². The zero-order valence-corrected chi connectivity index (χ0v) is 19.1. The summed E-state index contributed by atoms with van der Waals surface area (Å²) < 4.78 is 9.70. The molecular weight excluding hydrogens is 418 g/mol. The number of likely N-dealkylation sites (N-methyl/N-ethyl adjacent to an activating group) is 1. The fourth-order valence-electron chi connectivity index (χ4n) is 5.29. The fraction of sp³-hybridized carbons (Fsp3) is 0.458. The van der Waals surface area contributed by atoms with E-state index in [-0.39, 0.29) is 6.04 Å². The summed E-state index contributed by atoms with van der Waals surface area (Å²) in [6.45, 7) is 4.58. The Labute approximate surface area is 193 Å². The summed E-state index contributed by atoms with van der Waals surface area (Å²) in [5.41, 5.74) is 7.01. The molecule has 2 aromatic heterocycles. The zero-order valence-electron chi connectivity index (χ0n) is 19.1. The summed E-state index contributed by atoms with van der Waals surface area (Å²) in [6.07, 6.45) is 6.72. The van der Waals surface area contributed by atoms with E-state index in [1.54, 1.807) is 0 Å². The molecule has 3 aliphatic rings. The second-order valence-electron chi connectivity index (χ2n) is 9.22. The Balaban J connectivity index is 1.44. The maximum Gasteiger partial charge on any atom is 0.210 e. The first-order chi connectivity index (χ1) is 16.1. The Bertz CT molecular complexity index is 1190. The molecule has 3 aliphatic heterocycles. The number of benzene rings is 1. The number of aromatic nitrogens is 4. The molecule has 1 aromatic carbocycles. The predicted octanol–water partition coefficient (Wildman–Crippen LogP) is 2.35. The van der Waals surface area contributed by atoms with Crippen LogP contribution in [-0.2, 0) is 29.5 Å². The van der Waals surface area contributed by atoms with Crippen LogP contribution in [0.4, 0.5) is 17.2 Å². The van der Waals surface area contributed by atoms with Gasteiger partial charge in [-0.05, 0) is 24.1 Å². The average molecular weight is 448 g/mol. The predicted molar refractivity (Wildman–Crippen MR) is 126 cm³/mol. The minimum absolute atomic E-state index is 0.273. The highest BCUT2D eigenvalue weighted by atomic mass is 16.5. The number of hydrogen-bond acceptors (Lipinski definition) is 6. The standard InChI is InChI=1S/C24H29N7O2/c1-27-8-9-30(22-4-3-17(11-23(22)27)18-12-25-28(2)13-18)24-20-14-29(16-32)7-5-21(20)31(26-24)19-6-10-33-15-19/h3-4,11-13,16,19H,5-10,14-15H2,1-2H3. The third-order valence-corrected chi connectivity index (χ3v) is 7.13. The Morgan fingerprint density at radius 2 is 2.03 bits per heavy atom. The molecule has 172 valence electrons. The topological polar surface area (TPSA) is 71.7 Å². The third-order valence-electron chi connectivity index (χ3n) is 7.13. The van der Waals surface area contributed by atoms with Gasteiger partial charge in [-0.3, -0.25) is 14.2 Å². The highest BCUT2D eigenvalue weighted by Crippen LogP contribution is 2.42. The van der Waals surface area contributed by atoms with Crippen LogP contribution in [0.5, 0.6) is 0 Å². The Morgan fingerprint density at radius 1 is 1.12 bits per heavy atom. The first kappa shape index (κ1) is 20.3. The molecule has 0 saturated carbocycles. The number of anilines is 3. The number of amides is 1. The Morgan fingerprint density at radius 3 is 2.79 bits per heavy atom. The van der Waals surface area contributed by atoms with Crippen molar-refractivity contribution in [2.24, 2.45) is 7.05 Å². The Kier molecular flexibility index (Phi) is 4.86. The van der Waals surface area contributed by atoms with Crippen LogP contribution in [0.15, 0.2) is 30.6 Å². The molecule has 1 saturated heterocycles. The second-order valence-corrected chi connectivity index (χ2v) is 9.22. The summed E-state index contributed by atoms with van der Waals surface area (Å²) in [6, 6.07) is 6.87. The molecule has 1 atom stereocenters. The highest BCUT2D eigenvalue weighted by Gasteiger charge is 2.33. The summed E-state index contributed by atoms with van der Waals surface area (Å²) in [7, 11) is 4.08. The van der Waals surface area contributed by atoms with Crippen molar-refractivity contribution in [2.75, 3.05) is 49.7 Å². The smallest absolute Gasteiger partial charge is 0.210 e. The van der Waals surface area contributed by atoms with Crippen molar-refractivity contribution in [3.63, 3.8) is 0 Å². The van der Waals surface area contributed by atoms with Gasteiger partial charge in [0.25, 0.3) is 0 Å². The van der Waals surface area contributed by atoms with Crippen LogP contribution in [0.25, 0.3) is 11.1 Å². The van der Waals surface area contributed by atoms with Crippen molar-refractivity contribution >= 4 is 23.6 Å². The fourth-order valence-corrected chi connectivity index (χ4v) is 5.29. The first-order valence-corrected chi connectivity index (χ1v) is 11.6. The van der Waals surface area contributed by atoms with Gasteiger partial charge in [-0.15, -0.1) is 0 Å². The van der Waals surface area contributed by atoms with E-state index in [1.165, 1.54) is 16.9 Å². The minimum Gasteiger partial charge on any atom is -0.379 e. The van der Waals surface area contributed by atoms with Crippen LogP contribution < -0.4 is 9.80 Å². The minimum atomic E-state index is 0.273. The van der Waals surface area contributed by atoms with E-state index in [0.717, 1.165) is 68.1 Å². The lowest BCUT2D eigenvalue weighted by Crippen LogP contribution is -2.37. The van der Waals surface area contributed by atoms with E-state index in [1.807, 2.05) is 29.0 Å². The van der Waals surface area contributed by atoms with E-state index < -0.39 is 0 Å². The second kappa shape index (κ2) is 7.91. The molecule has 0 spiro atoms. The molecule has 9 nitrogen and oxygen atoms in total. The van der Waals surface area contributed by atoms with Gasteiger partial charge in [0, 0.05) is 69.8 Å². The van der Waals surface area contributed by atoms with Crippen molar-refractivity contribution in [3.05, 3.63) is 41.9 Å². The summed E-state index contributed by atoms with van der Waals surface area (Å²) in [5, 5.41) is 9.49. The number of hydrogen-bond donors (Lipinski definition) is 0. The van der Waals surface area contributed by atoms with Gasteiger partial charge in [-0.1, -0.05) is 6.07 Å². The van der Waals surface area contributed by atoms with Gasteiger partial charge >= 0.3 is 0 Å². The van der Waals surface area contributed by atoms with Crippen molar-refractivity contribution in [3.8, 4) is 11.1 Å². The molecular formula is C24H29N7O2. The average Bonchev–Trinajstić information content (AvgIpc) is 3.59. The zero-order chi connectivity index (χ0) is 22.5. The highest BCUT2D eigenvalue weighted by molar-refractivity contribution is 5.83. The molecule has 5 heterocycles. The van der Waals surface area contributed by atoms with Gasteiger partial charge in [0.1, 0.15) is 0 Å². The molecule has 0 N–H and O–H groups in total. The summed E-state index contributed by atoms with van der Waals surface area (Å²) in [5.74, 6) is 0.979. The van der Waals surface area contributed by atoms with Crippen LogP contribution in [0, 0.1) is 0 Å². The maximum absolute atomic E-state index is 11.6.